The summed E-state index contributed by atoms with van der Waals surface area (Å²) in [4.78, 5) is 14.6. The van der Waals surface area contributed by atoms with Crippen molar-refractivity contribution >= 4 is 14.4 Å². The average molecular weight is 428 g/mol. The van der Waals surface area contributed by atoms with Gasteiger partial charge in [0.15, 0.2) is 8.32 Å². The van der Waals surface area contributed by atoms with Gasteiger partial charge in [-0.3, -0.25) is 4.90 Å². The highest BCUT2D eigenvalue weighted by Crippen LogP contribution is 2.43. The zero-order valence-electron chi connectivity index (χ0n) is 20.3. The van der Waals surface area contributed by atoms with Crippen LogP contribution in [0, 0.1) is 5.92 Å². The molecular weight excluding hydrogens is 382 g/mol. The van der Waals surface area contributed by atoms with Gasteiger partial charge in [-0.2, -0.15) is 0 Å². The van der Waals surface area contributed by atoms with Crippen LogP contribution in [-0.4, -0.2) is 50.4 Å². The van der Waals surface area contributed by atoms with Gasteiger partial charge in [-0.15, -0.1) is 0 Å². The van der Waals surface area contributed by atoms with Crippen molar-refractivity contribution in [2.24, 2.45) is 5.92 Å². The largest absolute Gasteiger partial charge is 0.444 e. The van der Waals surface area contributed by atoms with E-state index >= 15 is 0 Å². The van der Waals surface area contributed by atoms with Gasteiger partial charge in [-0.25, -0.2) is 4.79 Å². The van der Waals surface area contributed by atoms with Gasteiger partial charge in [-0.05, 0) is 63.1 Å². The Hall–Kier alpha value is -0.593. The molecule has 2 heterocycles. The number of nitrogens with zero attached hydrogens (tertiary/aromatic N) is 1. The van der Waals surface area contributed by atoms with Crippen LogP contribution in [0.25, 0.3) is 0 Å². The maximum atomic E-state index is 12.8. The van der Waals surface area contributed by atoms with Crippen LogP contribution in [0.2, 0.25) is 16.6 Å². The normalized spacial score (nSPS) is 26.2. The lowest BCUT2D eigenvalue weighted by Gasteiger charge is -2.47. The van der Waals surface area contributed by atoms with E-state index in [1.54, 1.807) is 0 Å². The van der Waals surface area contributed by atoms with Crippen molar-refractivity contribution < 1.29 is 18.7 Å². The van der Waals surface area contributed by atoms with E-state index in [1.807, 2.05) is 25.7 Å². The topological polar surface area (TPSA) is 48.0 Å². The quantitative estimate of drug-likeness (QED) is 0.465. The molecule has 2 aliphatic heterocycles. The van der Waals surface area contributed by atoms with E-state index in [1.165, 1.54) is 0 Å². The maximum absolute atomic E-state index is 12.8. The fourth-order valence-electron chi connectivity index (χ4n) is 5.56. The number of piperidine rings is 1. The first-order valence-corrected chi connectivity index (χ1v) is 13.8. The third kappa shape index (κ3) is 5.76. The molecule has 1 amide bonds. The van der Waals surface area contributed by atoms with Gasteiger partial charge in [0.1, 0.15) is 11.8 Å². The smallest absolute Gasteiger partial charge is 0.412 e. The lowest BCUT2D eigenvalue weighted by molar-refractivity contribution is -0.175. The summed E-state index contributed by atoms with van der Waals surface area (Å²) in [5, 5.41) is 0. The van der Waals surface area contributed by atoms with Crippen LogP contribution in [0.5, 0.6) is 0 Å². The summed E-state index contributed by atoms with van der Waals surface area (Å²) in [5.74, 6) is 0.412. The molecular formula is C23H45NO4Si. The molecule has 0 N–H and O–H groups in total. The second-order valence-corrected chi connectivity index (χ2v) is 16.4. The molecule has 2 rings (SSSR count). The summed E-state index contributed by atoms with van der Waals surface area (Å²) in [7, 11) is -1.91. The molecule has 170 valence electrons. The Bertz CT molecular complexity index is 522. The first kappa shape index (κ1) is 24.7. The van der Waals surface area contributed by atoms with Crippen LogP contribution < -0.4 is 0 Å². The van der Waals surface area contributed by atoms with Crippen molar-refractivity contribution in [2.45, 2.75) is 123 Å². The summed E-state index contributed by atoms with van der Waals surface area (Å²) in [6, 6.07) is 0. The fraction of sp³-hybridized carbons (Fsp3) is 0.957. The molecule has 0 saturated carbocycles. The molecule has 2 fully saturated rings. The first-order valence-electron chi connectivity index (χ1n) is 11.7. The summed E-state index contributed by atoms with van der Waals surface area (Å²) < 4.78 is 18.9. The van der Waals surface area contributed by atoms with E-state index in [0.29, 0.717) is 35.7 Å². The Balaban J connectivity index is 2.07. The number of carbonyl (C=O) groups is 1. The predicted octanol–water partition coefficient (Wildman–Crippen LogP) is 6.33. The standard InChI is InChI=1S/C23H45NO4Si/c1-16(2)29(17(3)4,18(5)6)26-15-20-13-12-19-11-10-14-24(21(19)27-20)22(25)28-23(7,8)9/h16-21H,10-15H2,1-9H3/t19-,20-,21+/m1/s1. The van der Waals surface area contributed by atoms with Gasteiger partial charge in [0, 0.05) is 12.5 Å². The van der Waals surface area contributed by atoms with Crippen LogP contribution in [0.15, 0.2) is 0 Å². The molecule has 0 radical (unpaired) electrons. The van der Waals surface area contributed by atoms with E-state index in [9.17, 15) is 4.79 Å². The maximum Gasteiger partial charge on any atom is 0.412 e. The van der Waals surface area contributed by atoms with Crippen LogP contribution in [0.4, 0.5) is 4.79 Å². The van der Waals surface area contributed by atoms with Gasteiger partial charge in [-0.1, -0.05) is 41.5 Å². The molecule has 2 aliphatic rings. The molecule has 0 aliphatic carbocycles. The van der Waals surface area contributed by atoms with Crippen LogP contribution in [-0.2, 0) is 13.9 Å². The Labute approximate surface area is 180 Å². The van der Waals surface area contributed by atoms with E-state index in [2.05, 4.69) is 41.5 Å². The van der Waals surface area contributed by atoms with E-state index in [4.69, 9.17) is 13.9 Å². The van der Waals surface area contributed by atoms with Gasteiger partial charge in [0.2, 0.25) is 0 Å². The molecule has 0 bridgehead atoms. The predicted molar refractivity (Wildman–Crippen MR) is 121 cm³/mol. The summed E-state index contributed by atoms with van der Waals surface area (Å²) >= 11 is 0. The fourth-order valence-corrected chi connectivity index (χ4v) is 11.0. The summed E-state index contributed by atoms with van der Waals surface area (Å²) in [6.45, 7) is 21.0. The van der Waals surface area contributed by atoms with Crippen LogP contribution in [0.1, 0.15) is 88.0 Å². The molecule has 3 atom stereocenters. The minimum absolute atomic E-state index is 0.0578. The van der Waals surface area contributed by atoms with Crippen molar-refractivity contribution in [1.82, 2.24) is 4.90 Å². The van der Waals surface area contributed by atoms with Crippen molar-refractivity contribution in [1.29, 1.82) is 0 Å². The third-order valence-electron chi connectivity index (χ3n) is 6.73. The highest BCUT2D eigenvalue weighted by Gasteiger charge is 2.47. The number of carbonyl (C=O) groups excluding carboxylic acids is 1. The molecule has 6 heteroatoms. The molecule has 2 saturated heterocycles. The Morgan fingerprint density at radius 2 is 1.62 bits per heavy atom. The van der Waals surface area contributed by atoms with Crippen molar-refractivity contribution in [2.75, 3.05) is 13.2 Å². The number of rotatable bonds is 6. The van der Waals surface area contributed by atoms with Crippen LogP contribution in [0.3, 0.4) is 0 Å². The monoisotopic (exact) mass is 427 g/mol. The molecule has 0 unspecified atom stereocenters. The zero-order chi connectivity index (χ0) is 22.0. The van der Waals surface area contributed by atoms with Gasteiger partial charge < -0.3 is 13.9 Å². The Morgan fingerprint density at radius 3 is 2.14 bits per heavy atom. The number of amides is 1. The van der Waals surface area contributed by atoms with Gasteiger partial charge in [0.05, 0.1) is 12.7 Å². The van der Waals surface area contributed by atoms with Crippen molar-refractivity contribution in [3.63, 3.8) is 0 Å². The molecule has 0 aromatic heterocycles. The Morgan fingerprint density at radius 1 is 1.03 bits per heavy atom. The molecule has 29 heavy (non-hydrogen) atoms. The Kier molecular flexibility index (Phi) is 8.25. The minimum Gasteiger partial charge on any atom is -0.444 e. The number of ether oxygens (including phenoxy) is 2. The molecule has 0 aromatic carbocycles. The lowest BCUT2D eigenvalue weighted by Crippen LogP contribution is -2.56. The second kappa shape index (κ2) is 9.69. The second-order valence-electron chi connectivity index (χ2n) is 10.9. The summed E-state index contributed by atoms with van der Waals surface area (Å²) in [5.41, 5.74) is 1.20. The number of likely N-dealkylation sites (tertiary alicyclic amines) is 1. The minimum atomic E-state index is -1.91. The molecule has 0 spiro atoms. The van der Waals surface area contributed by atoms with Crippen LogP contribution >= 0.6 is 0 Å². The van der Waals surface area contributed by atoms with Gasteiger partial charge >= 0.3 is 6.09 Å². The number of hydrogen-bond donors (Lipinski definition) is 0. The zero-order valence-corrected chi connectivity index (χ0v) is 21.3. The first-order chi connectivity index (χ1) is 13.4. The van der Waals surface area contributed by atoms with E-state index < -0.39 is 13.9 Å². The van der Waals surface area contributed by atoms with Crippen molar-refractivity contribution in [3.05, 3.63) is 0 Å². The summed E-state index contributed by atoms with van der Waals surface area (Å²) in [6.07, 6.45) is 3.90. The van der Waals surface area contributed by atoms with E-state index in [-0.39, 0.29) is 18.4 Å². The highest BCUT2D eigenvalue weighted by atomic mass is 28.4. The van der Waals surface area contributed by atoms with Gasteiger partial charge in [0.25, 0.3) is 0 Å². The molecule has 0 aromatic rings. The van der Waals surface area contributed by atoms with Crippen molar-refractivity contribution in [3.8, 4) is 0 Å². The lowest BCUT2D eigenvalue weighted by atomic mass is 9.88. The number of hydrogen-bond acceptors (Lipinski definition) is 4. The highest BCUT2D eigenvalue weighted by molar-refractivity contribution is 6.77. The molecule has 5 nitrogen and oxygen atoms in total. The van der Waals surface area contributed by atoms with E-state index in [0.717, 1.165) is 25.7 Å². The SMILES string of the molecule is CC(C)[Si](OC[C@H]1CC[C@H]2CCCN(C(=O)OC(C)(C)C)[C@H]2O1)(C(C)C)C(C)C. The third-order valence-corrected chi connectivity index (χ3v) is 12.8. The average Bonchev–Trinajstić information content (AvgIpc) is 2.59. The number of fused-ring (bicyclic) bond motifs is 1.